The van der Waals surface area contributed by atoms with Crippen molar-refractivity contribution >= 4 is 29.9 Å². The lowest BCUT2D eigenvalue weighted by atomic mass is 10.2. The van der Waals surface area contributed by atoms with Crippen LogP contribution in [0.15, 0.2) is 41.7 Å². The normalized spacial score (nSPS) is 11.1. The number of ether oxygens (including phenoxy) is 2. The Balaban J connectivity index is 0.00000392. The Morgan fingerprint density at radius 1 is 1.21 bits per heavy atom. The molecule has 2 N–H and O–H groups in total. The summed E-state index contributed by atoms with van der Waals surface area (Å²) in [6.45, 7) is 2.64. The quantitative estimate of drug-likeness (QED) is 0.307. The van der Waals surface area contributed by atoms with E-state index in [2.05, 4.69) is 15.6 Å². The Bertz CT molecular complexity index is 753. The van der Waals surface area contributed by atoms with E-state index in [1.54, 1.807) is 25.1 Å². The first kappa shape index (κ1) is 24.0. The second kappa shape index (κ2) is 12.4. The molecule has 9 heteroatoms. The van der Waals surface area contributed by atoms with Crippen molar-refractivity contribution < 1.29 is 18.3 Å². The van der Waals surface area contributed by atoms with Crippen molar-refractivity contribution in [2.45, 2.75) is 33.5 Å². The van der Waals surface area contributed by atoms with E-state index in [0.717, 1.165) is 5.56 Å². The fraction of sp³-hybridized carbons (Fsp3) is 0.421. The maximum Gasteiger partial charge on any atom is 0.387 e. The topological polar surface area (TPSA) is 59.8 Å². The monoisotopic (exact) mass is 508 g/mol. The van der Waals surface area contributed by atoms with Crippen molar-refractivity contribution in [1.29, 1.82) is 0 Å². The number of benzene rings is 1. The van der Waals surface area contributed by atoms with Gasteiger partial charge in [0, 0.05) is 38.1 Å². The number of halogens is 3. The highest BCUT2D eigenvalue weighted by Crippen LogP contribution is 2.32. The van der Waals surface area contributed by atoms with Crippen molar-refractivity contribution in [2.24, 2.45) is 12.0 Å². The molecule has 0 saturated heterocycles. The zero-order valence-corrected chi connectivity index (χ0v) is 18.6. The highest BCUT2D eigenvalue weighted by Gasteiger charge is 2.16. The van der Waals surface area contributed by atoms with Gasteiger partial charge in [0.2, 0.25) is 0 Å². The number of nitrogens with zero attached hydrogens (tertiary/aromatic N) is 2. The van der Waals surface area contributed by atoms with E-state index in [0.29, 0.717) is 37.0 Å². The molecule has 1 heterocycles. The first-order valence-electron chi connectivity index (χ1n) is 8.86. The molecule has 6 nitrogen and oxygen atoms in total. The minimum absolute atomic E-state index is 0. The summed E-state index contributed by atoms with van der Waals surface area (Å²) < 4.78 is 37.7. The van der Waals surface area contributed by atoms with Crippen molar-refractivity contribution in [3.05, 3.63) is 47.8 Å². The lowest BCUT2D eigenvalue weighted by Crippen LogP contribution is -2.36. The molecule has 0 unspecified atom stereocenters. The molecule has 0 fully saturated rings. The molecule has 1 aromatic carbocycles. The molecular weight excluding hydrogens is 481 g/mol. The summed E-state index contributed by atoms with van der Waals surface area (Å²) >= 11 is 0. The molecule has 0 saturated carbocycles. The first-order valence-corrected chi connectivity index (χ1v) is 8.86. The van der Waals surface area contributed by atoms with Crippen LogP contribution in [0.3, 0.4) is 0 Å². The van der Waals surface area contributed by atoms with Crippen molar-refractivity contribution in [3.8, 4) is 11.5 Å². The predicted molar refractivity (Wildman–Crippen MR) is 117 cm³/mol. The fourth-order valence-electron chi connectivity index (χ4n) is 2.54. The van der Waals surface area contributed by atoms with Gasteiger partial charge in [0.15, 0.2) is 17.5 Å². The van der Waals surface area contributed by atoms with E-state index in [4.69, 9.17) is 9.47 Å². The van der Waals surface area contributed by atoms with Gasteiger partial charge in [-0.1, -0.05) is 12.1 Å². The number of guanidine groups is 1. The Hall–Kier alpha value is -2.04. The van der Waals surface area contributed by atoms with E-state index in [-0.39, 0.29) is 36.3 Å². The summed E-state index contributed by atoms with van der Waals surface area (Å²) in [6, 6.07) is 7.06. The minimum atomic E-state index is -2.93. The third-order valence-electron chi connectivity index (χ3n) is 3.67. The molecule has 1 aromatic heterocycles. The van der Waals surface area contributed by atoms with Gasteiger partial charge in [-0.2, -0.15) is 8.78 Å². The highest BCUT2D eigenvalue weighted by molar-refractivity contribution is 14.0. The fourth-order valence-corrected chi connectivity index (χ4v) is 2.54. The smallest absolute Gasteiger partial charge is 0.387 e. The number of nitrogens with one attached hydrogen (secondary N) is 2. The Labute approximate surface area is 181 Å². The molecule has 28 heavy (non-hydrogen) atoms. The highest BCUT2D eigenvalue weighted by atomic mass is 127. The standard InChI is InChI=1S/C19H26F2N4O2.HI/c1-4-22-19(23-11-14-9-10-25(3)13-14)24-12-15-7-6-8-16(26-5-2)17(15)27-18(20)21;/h6-10,13,18H,4-5,11-12H2,1-3H3,(H2,22,23,24);1H. The van der Waals surface area contributed by atoms with Gasteiger partial charge in [0.25, 0.3) is 0 Å². The summed E-state index contributed by atoms with van der Waals surface area (Å²) in [5.41, 5.74) is 1.64. The maximum absolute atomic E-state index is 12.8. The van der Waals surface area contributed by atoms with Crippen LogP contribution in [0.25, 0.3) is 0 Å². The zero-order chi connectivity index (χ0) is 19.6. The third kappa shape index (κ3) is 7.53. The molecule has 0 aliphatic rings. The molecule has 0 bridgehead atoms. The van der Waals surface area contributed by atoms with Gasteiger partial charge >= 0.3 is 6.61 Å². The van der Waals surface area contributed by atoms with Gasteiger partial charge in [-0.15, -0.1) is 24.0 Å². The third-order valence-corrected chi connectivity index (χ3v) is 3.67. The van der Waals surface area contributed by atoms with Gasteiger partial charge in [0.1, 0.15) is 0 Å². The number of alkyl halides is 2. The lowest BCUT2D eigenvalue weighted by molar-refractivity contribution is -0.0520. The number of aromatic nitrogens is 1. The van der Waals surface area contributed by atoms with Crippen LogP contribution in [0.2, 0.25) is 0 Å². The molecule has 0 aliphatic heterocycles. The van der Waals surface area contributed by atoms with Crippen molar-refractivity contribution in [1.82, 2.24) is 15.2 Å². The van der Waals surface area contributed by atoms with Crippen LogP contribution in [-0.4, -0.2) is 30.3 Å². The van der Waals surface area contributed by atoms with Crippen LogP contribution in [0.4, 0.5) is 8.78 Å². The van der Waals surface area contributed by atoms with Gasteiger partial charge < -0.3 is 24.7 Å². The maximum atomic E-state index is 12.8. The summed E-state index contributed by atoms with van der Waals surface area (Å²) in [6.07, 6.45) is 3.95. The van der Waals surface area contributed by atoms with Crippen LogP contribution in [0.5, 0.6) is 11.5 Å². The van der Waals surface area contributed by atoms with Crippen molar-refractivity contribution in [3.63, 3.8) is 0 Å². The van der Waals surface area contributed by atoms with Crippen LogP contribution < -0.4 is 20.1 Å². The van der Waals surface area contributed by atoms with Gasteiger partial charge in [0.05, 0.1) is 13.2 Å². The van der Waals surface area contributed by atoms with Crippen LogP contribution in [0.1, 0.15) is 25.0 Å². The molecule has 0 spiro atoms. The van der Waals surface area contributed by atoms with Gasteiger partial charge in [-0.05, 0) is 31.5 Å². The van der Waals surface area contributed by atoms with Crippen LogP contribution >= 0.6 is 24.0 Å². The molecule has 2 aromatic rings. The van der Waals surface area contributed by atoms with Crippen LogP contribution in [0, 0.1) is 0 Å². The van der Waals surface area contributed by atoms with Crippen molar-refractivity contribution in [2.75, 3.05) is 13.2 Å². The van der Waals surface area contributed by atoms with Gasteiger partial charge in [-0.25, -0.2) is 4.99 Å². The van der Waals surface area contributed by atoms with E-state index in [9.17, 15) is 8.78 Å². The minimum Gasteiger partial charge on any atom is -0.490 e. The molecule has 0 amide bonds. The molecule has 0 aliphatic carbocycles. The van der Waals surface area contributed by atoms with Crippen LogP contribution in [-0.2, 0) is 20.1 Å². The summed E-state index contributed by atoms with van der Waals surface area (Å²) in [4.78, 5) is 4.52. The number of para-hydroxylation sites is 1. The van der Waals surface area contributed by atoms with E-state index >= 15 is 0 Å². The molecule has 156 valence electrons. The summed E-state index contributed by atoms with van der Waals surface area (Å²) in [5, 5.41) is 6.29. The number of aryl methyl sites for hydroxylation is 1. The Morgan fingerprint density at radius 2 is 2.00 bits per heavy atom. The number of hydrogen-bond donors (Lipinski definition) is 2. The van der Waals surface area contributed by atoms with E-state index < -0.39 is 6.61 Å². The number of aliphatic imine (C=N–C) groups is 1. The Kier molecular flexibility index (Phi) is 10.6. The van der Waals surface area contributed by atoms with E-state index in [1.165, 1.54) is 0 Å². The summed E-state index contributed by atoms with van der Waals surface area (Å²) in [5.74, 6) is 0.926. The second-order valence-electron chi connectivity index (χ2n) is 5.79. The lowest BCUT2D eigenvalue weighted by Gasteiger charge is -2.17. The molecule has 2 rings (SSSR count). The SMILES string of the molecule is CCNC(=NCc1ccn(C)c1)NCc1cccc(OCC)c1OC(F)F.I. The molecule has 0 atom stereocenters. The summed E-state index contributed by atoms with van der Waals surface area (Å²) in [7, 11) is 1.95. The second-order valence-corrected chi connectivity index (χ2v) is 5.79. The average Bonchev–Trinajstić information content (AvgIpc) is 3.04. The number of rotatable bonds is 9. The van der Waals surface area contributed by atoms with Gasteiger partial charge in [-0.3, -0.25) is 0 Å². The largest absolute Gasteiger partial charge is 0.490 e. The first-order chi connectivity index (χ1) is 13.0. The zero-order valence-electron chi connectivity index (χ0n) is 16.2. The Morgan fingerprint density at radius 3 is 2.61 bits per heavy atom. The molecular formula is C19H27F2IN4O2. The molecule has 0 radical (unpaired) electrons. The predicted octanol–water partition coefficient (Wildman–Crippen LogP) is 3.90. The average molecular weight is 508 g/mol. The number of hydrogen-bond acceptors (Lipinski definition) is 3. The van der Waals surface area contributed by atoms with E-state index in [1.807, 2.05) is 37.0 Å².